The number of aromatic nitrogens is 2. The Balaban J connectivity index is 1.44. The zero-order valence-corrected chi connectivity index (χ0v) is 13.7. The summed E-state index contributed by atoms with van der Waals surface area (Å²) in [7, 11) is 1.94. The summed E-state index contributed by atoms with van der Waals surface area (Å²) in [6.45, 7) is 0.861. The quantitative estimate of drug-likeness (QED) is 0.673. The minimum atomic E-state index is -0.560. The van der Waals surface area contributed by atoms with Gasteiger partial charge in [0.15, 0.2) is 6.10 Å². The average molecular weight is 338 g/mol. The molecule has 1 unspecified atom stereocenters. The summed E-state index contributed by atoms with van der Waals surface area (Å²) in [5, 5.41) is 2.90. The van der Waals surface area contributed by atoms with Crippen molar-refractivity contribution in [2.45, 2.75) is 12.6 Å². The van der Waals surface area contributed by atoms with Crippen LogP contribution in [0, 0.1) is 0 Å². The minimum Gasteiger partial charge on any atom is -0.477 e. The van der Waals surface area contributed by atoms with Crippen LogP contribution in [0.3, 0.4) is 0 Å². The van der Waals surface area contributed by atoms with Crippen LogP contribution in [-0.4, -0.2) is 35.6 Å². The Morgan fingerprint density at radius 3 is 2.92 bits per heavy atom. The highest BCUT2D eigenvalue weighted by molar-refractivity contribution is 5.83. The van der Waals surface area contributed by atoms with Crippen molar-refractivity contribution in [3.05, 3.63) is 58.5 Å². The molecule has 2 heterocycles. The maximum absolute atomic E-state index is 12.5. The number of amides is 1. The van der Waals surface area contributed by atoms with Crippen LogP contribution in [0.25, 0.3) is 11.0 Å². The van der Waals surface area contributed by atoms with Gasteiger partial charge in [0.2, 0.25) is 0 Å². The number of likely N-dealkylation sites (N-methyl/N-ethyl adjacent to an activating group) is 1. The number of H-pyrrole nitrogens is 2. The number of hydrogen-bond acceptors (Lipinski definition) is 4. The van der Waals surface area contributed by atoms with Gasteiger partial charge < -0.3 is 24.9 Å². The van der Waals surface area contributed by atoms with Gasteiger partial charge in [-0.3, -0.25) is 4.79 Å². The molecule has 2 aromatic carbocycles. The molecule has 0 saturated heterocycles. The van der Waals surface area contributed by atoms with Gasteiger partial charge in [0, 0.05) is 13.6 Å². The van der Waals surface area contributed by atoms with E-state index in [0.717, 1.165) is 22.3 Å². The van der Waals surface area contributed by atoms with E-state index in [0.29, 0.717) is 18.8 Å². The summed E-state index contributed by atoms with van der Waals surface area (Å²) >= 11 is 0. The summed E-state index contributed by atoms with van der Waals surface area (Å²) in [4.78, 5) is 31.2. The second-order valence-corrected chi connectivity index (χ2v) is 6.13. The van der Waals surface area contributed by atoms with Gasteiger partial charge in [0.25, 0.3) is 5.91 Å². The Kier molecular flexibility index (Phi) is 3.68. The average Bonchev–Trinajstić information content (AvgIpc) is 2.99. The highest BCUT2D eigenvalue weighted by atomic mass is 16.5. The van der Waals surface area contributed by atoms with Crippen LogP contribution in [0.4, 0.5) is 5.69 Å². The number of ether oxygens (including phenoxy) is 1. The maximum atomic E-state index is 12.5. The van der Waals surface area contributed by atoms with Gasteiger partial charge >= 0.3 is 5.69 Å². The molecule has 3 N–H and O–H groups in total. The Hall–Kier alpha value is -3.22. The first-order valence-electron chi connectivity index (χ1n) is 8.05. The van der Waals surface area contributed by atoms with Gasteiger partial charge in [-0.2, -0.15) is 0 Å². The van der Waals surface area contributed by atoms with E-state index in [2.05, 4.69) is 15.3 Å². The van der Waals surface area contributed by atoms with E-state index < -0.39 is 6.10 Å². The first-order chi connectivity index (χ1) is 12.1. The molecule has 1 aliphatic heterocycles. The second kappa shape index (κ2) is 6.01. The van der Waals surface area contributed by atoms with E-state index in [-0.39, 0.29) is 11.6 Å². The minimum absolute atomic E-state index is 0.163. The molecule has 4 rings (SSSR count). The van der Waals surface area contributed by atoms with Crippen LogP contribution < -0.4 is 20.6 Å². The number of para-hydroxylation sites is 2. The number of anilines is 1. The van der Waals surface area contributed by atoms with Crippen molar-refractivity contribution >= 4 is 22.6 Å². The van der Waals surface area contributed by atoms with Crippen molar-refractivity contribution in [3.8, 4) is 5.75 Å². The van der Waals surface area contributed by atoms with Gasteiger partial charge in [0.1, 0.15) is 5.75 Å². The third-order valence-electron chi connectivity index (χ3n) is 4.32. The smallest absolute Gasteiger partial charge is 0.323 e. The maximum Gasteiger partial charge on any atom is 0.323 e. The lowest BCUT2D eigenvalue weighted by molar-refractivity contribution is -0.128. The van der Waals surface area contributed by atoms with E-state index in [1.54, 1.807) is 0 Å². The molecule has 0 saturated carbocycles. The van der Waals surface area contributed by atoms with Gasteiger partial charge in [0.05, 0.1) is 23.3 Å². The summed E-state index contributed by atoms with van der Waals surface area (Å²) < 4.78 is 5.82. The van der Waals surface area contributed by atoms with Crippen LogP contribution in [-0.2, 0) is 11.3 Å². The molecular weight excluding hydrogens is 320 g/mol. The Morgan fingerprint density at radius 1 is 1.24 bits per heavy atom. The normalized spacial score (nSPS) is 16.4. The first kappa shape index (κ1) is 15.3. The molecule has 0 radical (unpaired) electrons. The Bertz CT molecular complexity index is 991. The number of rotatable bonds is 3. The summed E-state index contributed by atoms with van der Waals surface area (Å²) in [6.07, 6.45) is -0.560. The van der Waals surface area contributed by atoms with Crippen LogP contribution in [0.1, 0.15) is 5.56 Å². The Morgan fingerprint density at radius 2 is 2.04 bits per heavy atom. The topological polar surface area (TPSA) is 90.2 Å². The monoisotopic (exact) mass is 338 g/mol. The molecule has 1 aromatic heterocycles. The standard InChI is InChI=1S/C18H18N4O3/c1-22-10-16(25-15-5-3-2-4-14(15)22)17(23)19-9-11-6-7-12-13(8-11)21-18(24)20-12/h2-8,16H,9-10H2,1H3,(H,19,23)(H2,20,21,24). The van der Waals surface area contributed by atoms with Crippen LogP contribution >= 0.6 is 0 Å². The number of imidazole rings is 1. The lowest BCUT2D eigenvalue weighted by Crippen LogP contribution is -2.47. The number of carbonyl (C=O) groups excluding carboxylic acids is 1. The highest BCUT2D eigenvalue weighted by Crippen LogP contribution is 2.31. The van der Waals surface area contributed by atoms with Crippen molar-refractivity contribution in [3.63, 3.8) is 0 Å². The van der Waals surface area contributed by atoms with E-state index >= 15 is 0 Å². The fourth-order valence-electron chi connectivity index (χ4n) is 3.04. The zero-order chi connectivity index (χ0) is 17.4. The number of benzene rings is 2. The second-order valence-electron chi connectivity index (χ2n) is 6.13. The Labute approximate surface area is 143 Å². The zero-order valence-electron chi connectivity index (χ0n) is 13.7. The lowest BCUT2D eigenvalue weighted by Gasteiger charge is -2.32. The molecule has 0 spiro atoms. The highest BCUT2D eigenvalue weighted by Gasteiger charge is 2.28. The van der Waals surface area contributed by atoms with E-state index in [4.69, 9.17) is 4.74 Å². The molecule has 7 nitrogen and oxygen atoms in total. The predicted molar refractivity (Wildman–Crippen MR) is 94.9 cm³/mol. The van der Waals surface area contributed by atoms with Crippen LogP contribution in [0.15, 0.2) is 47.3 Å². The molecule has 7 heteroatoms. The molecule has 0 bridgehead atoms. The molecule has 3 aromatic rings. The van der Waals surface area contributed by atoms with Crippen molar-refractivity contribution in [1.82, 2.24) is 15.3 Å². The number of aromatic amines is 2. The summed E-state index contributed by atoms with van der Waals surface area (Å²) in [5.74, 6) is 0.548. The van der Waals surface area contributed by atoms with Gasteiger partial charge in [-0.1, -0.05) is 18.2 Å². The largest absolute Gasteiger partial charge is 0.477 e. The van der Waals surface area contributed by atoms with E-state index in [1.807, 2.05) is 54.4 Å². The van der Waals surface area contributed by atoms with Crippen molar-refractivity contribution in [1.29, 1.82) is 0 Å². The van der Waals surface area contributed by atoms with Crippen LogP contribution in [0.5, 0.6) is 5.75 Å². The predicted octanol–water partition coefficient (Wildman–Crippen LogP) is 1.37. The molecule has 25 heavy (non-hydrogen) atoms. The van der Waals surface area contributed by atoms with Gasteiger partial charge in [-0.15, -0.1) is 0 Å². The molecule has 1 aliphatic rings. The summed E-state index contributed by atoms with van der Waals surface area (Å²) in [5.41, 5.74) is 3.11. The molecule has 0 fully saturated rings. The number of hydrogen-bond donors (Lipinski definition) is 3. The number of nitrogens with zero attached hydrogens (tertiary/aromatic N) is 1. The fourth-order valence-corrected chi connectivity index (χ4v) is 3.04. The van der Waals surface area contributed by atoms with Crippen molar-refractivity contribution in [2.75, 3.05) is 18.5 Å². The number of fused-ring (bicyclic) bond motifs is 2. The van der Waals surface area contributed by atoms with Gasteiger partial charge in [-0.05, 0) is 29.8 Å². The third-order valence-corrected chi connectivity index (χ3v) is 4.32. The molecule has 1 atom stereocenters. The molecule has 128 valence electrons. The molecule has 0 aliphatic carbocycles. The first-order valence-corrected chi connectivity index (χ1v) is 8.05. The van der Waals surface area contributed by atoms with Crippen molar-refractivity contribution in [2.24, 2.45) is 0 Å². The van der Waals surface area contributed by atoms with Crippen LogP contribution in [0.2, 0.25) is 0 Å². The number of nitrogens with one attached hydrogen (secondary N) is 3. The third kappa shape index (κ3) is 2.96. The molecular formula is C18H18N4O3. The fraction of sp³-hybridized carbons (Fsp3) is 0.222. The summed E-state index contributed by atoms with van der Waals surface area (Å²) in [6, 6.07) is 13.2. The molecule has 1 amide bonds. The van der Waals surface area contributed by atoms with E-state index in [9.17, 15) is 9.59 Å². The number of carbonyl (C=O) groups is 1. The van der Waals surface area contributed by atoms with E-state index in [1.165, 1.54) is 0 Å². The SMILES string of the molecule is CN1CC(C(=O)NCc2ccc3[nH]c(=O)[nH]c3c2)Oc2ccccc21. The lowest BCUT2D eigenvalue weighted by atomic mass is 10.1. The van der Waals surface area contributed by atoms with Crippen molar-refractivity contribution < 1.29 is 9.53 Å². The van der Waals surface area contributed by atoms with Gasteiger partial charge in [-0.25, -0.2) is 4.79 Å².